The largest absolute Gasteiger partial charge is 0.508 e. The lowest BCUT2D eigenvalue weighted by Gasteiger charge is -2.36. The molecule has 0 fully saturated rings. The molecule has 1 aliphatic rings. The summed E-state index contributed by atoms with van der Waals surface area (Å²) < 4.78 is 6.25. The van der Waals surface area contributed by atoms with Gasteiger partial charge in [-0.1, -0.05) is 31.2 Å². The molecular formula is C27H30O4. The number of rotatable bonds is 3. The van der Waals surface area contributed by atoms with Crippen LogP contribution in [0.2, 0.25) is 0 Å². The maximum Gasteiger partial charge on any atom is 0.129 e. The maximum absolute atomic E-state index is 10.6. The predicted octanol–water partition coefficient (Wildman–Crippen LogP) is 5.91. The van der Waals surface area contributed by atoms with Crippen LogP contribution in [0, 0.1) is 27.7 Å². The standard InChI is InChI=1S/C27H30O4/c1-6-18-12-21-24(19-7-8-23(28)14(2)9-19)22(13-31-27(21)17(5)26(18)30)20-10-15(3)25(29)16(4)11-20/h7-12,22,24,28-30H,6,13H2,1-5H3. The first-order chi connectivity index (χ1) is 14.7. The highest BCUT2D eigenvalue weighted by molar-refractivity contribution is 5.59. The minimum absolute atomic E-state index is 0.00371. The number of hydrogen-bond donors (Lipinski definition) is 3. The van der Waals surface area contributed by atoms with Crippen LogP contribution in [0.1, 0.15) is 63.3 Å². The molecule has 3 aromatic rings. The lowest BCUT2D eigenvalue weighted by molar-refractivity contribution is 0.245. The molecule has 0 saturated heterocycles. The molecule has 1 aliphatic heterocycles. The average molecular weight is 419 g/mol. The molecule has 0 amide bonds. The molecule has 31 heavy (non-hydrogen) atoms. The van der Waals surface area contributed by atoms with Gasteiger partial charge < -0.3 is 20.1 Å². The molecule has 0 bridgehead atoms. The van der Waals surface area contributed by atoms with Gasteiger partial charge >= 0.3 is 0 Å². The summed E-state index contributed by atoms with van der Waals surface area (Å²) in [7, 11) is 0. The molecule has 0 aromatic heterocycles. The summed E-state index contributed by atoms with van der Waals surface area (Å²) in [4.78, 5) is 0. The highest BCUT2D eigenvalue weighted by Gasteiger charge is 2.36. The van der Waals surface area contributed by atoms with Crippen LogP contribution < -0.4 is 4.74 Å². The fourth-order valence-corrected chi connectivity index (χ4v) is 4.84. The van der Waals surface area contributed by atoms with Gasteiger partial charge in [0.25, 0.3) is 0 Å². The normalized spacial score (nSPS) is 17.8. The number of aromatic hydroxyl groups is 3. The molecule has 1 heterocycles. The van der Waals surface area contributed by atoms with E-state index in [4.69, 9.17) is 4.74 Å². The second-order valence-corrected chi connectivity index (χ2v) is 8.73. The van der Waals surface area contributed by atoms with Crippen LogP contribution in [0.5, 0.6) is 23.0 Å². The fourth-order valence-electron chi connectivity index (χ4n) is 4.84. The van der Waals surface area contributed by atoms with Crippen LogP contribution in [-0.4, -0.2) is 21.9 Å². The summed E-state index contributed by atoms with van der Waals surface area (Å²) in [5.74, 6) is 1.68. The number of benzene rings is 3. The molecule has 0 spiro atoms. The Balaban J connectivity index is 1.97. The van der Waals surface area contributed by atoms with E-state index < -0.39 is 0 Å². The Labute approximate surface area is 183 Å². The lowest BCUT2D eigenvalue weighted by atomic mass is 9.74. The Morgan fingerprint density at radius 2 is 1.48 bits per heavy atom. The third kappa shape index (κ3) is 3.50. The van der Waals surface area contributed by atoms with Gasteiger partial charge in [-0.15, -0.1) is 0 Å². The van der Waals surface area contributed by atoms with Crippen molar-refractivity contribution in [2.24, 2.45) is 0 Å². The monoisotopic (exact) mass is 418 g/mol. The second kappa shape index (κ2) is 7.84. The van der Waals surface area contributed by atoms with Crippen LogP contribution in [0.25, 0.3) is 0 Å². The summed E-state index contributed by atoms with van der Waals surface area (Å²) in [6.45, 7) is 10.1. The van der Waals surface area contributed by atoms with Crippen molar-refractivity contribution in [1.29, 1.82) is 0 Å². The van der Waals surface area contributed by atoms with Crippen LogP contribution in [0.15, 0.2) is 36.4 Å². The van der Waals surface area contributed by atoms with E-state index in [1.165, 1.54) is 0 Å². The van der Waals surface area contributed by atoms with Crippen LogP contribution in [0.4, 0.5) is 0 Å². The SMILES string of the molecule is CCc1cc2c(c(C)c1O)OCC(c1cc(C)c(O)c(C)c1)C2c1ccc(O)c(C)c1. The molecule has 4 heteroatoms. The number of phenolic OH excluding ortho intramolecular Hbond substituents is 3. The van der Waals surface area contributed by atoms with E-state index >= 15 is 0 Å². The van der Waals surface area contributed by atoms with Gasteiger partial charge in [0.2, 0.25) is 0 Å². The van der Waals surface area contributed by atoms with E-state index in [9.17, 15) is 15.3 Å². The minimum Gasteiger partial charge on any atom is -0.508 e. The van der Waals surface area contributed by atoms with E-state index in [0.29, 0.717) is 18.1 Å². The molecule has 0 saturated carbocycles. The number of hydrogen-bond acceptors (Lipinski definition) is 4. The zero-order valence-electron chi connectivity index (χ0n) is 18.8. The zero-order valence-corrected chi connectivity index (χ0v) is 18.8. The third-order valence-electron chi connectivity index (χ3n) is 6.64. The van der Waals surface area contributed by atoms with Crippen LogP contribution in [-0.2, 0) is 6.42 Å². The van der Waals surface area contributed by atoms with Gasteiger partial charge in [0.1, 0.15) is 23.0 Å². The van der Waals surface area contributed by atoms with Crippen molar-refractivity contribution in [3.05, 3.63) is 80.9 Å². The van der Waals surface area contributed by atoms with Gasteiger partial charge in [-0.2, -0.15) is 0 Å². The Kier molecular flexibility index (Phi) is 5.34. The van der Waals surface area contributed by atoms with Gasteiger partial charge in [0, 0.05) is 23.0 Å². The first-order valence-corrected chi connectivity index (χ1v) is 10.8. The molecule has 4 rings (SSSR count). The van der Waals surface area contributed by atoms with Crippen molar-refractivity contribution in [2.75, 3.05) is 6.61 Å². The first-order valence-electron chi connectivity index (χ1n) is 10.8. The molecule has 2 atom stereocenters. The minimum atomic E-state index is -0.00371. The van der Waals surface area contributed by atoms with Crippen molar-refractivity contribution < 1.29 is 20.1 Å². The number of phenols is 3. The Bertz CT molecular complexity index is 1140. The lowest BCUT2D eigenvalue weighted by Crippen LogP contribution is -2.26. The Hall–Kier alpha value is -3.14. The predicted molar refractivity (Wildman–Crippen MR) is 123 cm³/mol. The topological polar surface area (TPSA) is 69.9 Å². The van der Waals surface area contributed by atoms with E-state index in [2.05, 4.69) is 6.07 Å². The summed E-state index contributed by atoms with van der Waals surface area (Å²) in [5, 5.41) is 31.0. The Morgan fingerprint density at radius 1 is 0.839 bits per heavy atom. The number of aryl methyl sites for hydroxylation is 4. The van der Waals surface area contributed by atoms with Crippen molar-refractivity contribution in [1.82, 2.24) is 0 Å². The zero-order chi connectivity index (χ0) is 22.4. The molecule has 2 unspecified atom stereocenters. The smallest absolute Gasteiger partial charge is 0.129 e. The highest BCUT2D eigenvalue weighted by atomic mass is 16.5. The van der Waals surface area contributed by atoms with E-state index in [1.807, 2.05) is 58.9 Å². The molecule has 4 nitrogen and oxygen atoms in total. The third-order valence-corrected chi connectivity index (χ3v) is 6.64. The summed E-state index contributed by atoms with van der Waals surface area (Å²) in [6.07, 6.45) is 0.726. The number of ether oxygens (including phenoxy) is 1. The highest BCUT2D eigenvalue weighted by Crippen LogP contribution is 2.50. The fraction of sp³-hybridized carbons (Fsp3) is 0.333. The van der Waals surface area contributed by atoms with Crippen LogP contribution >= 0.6 is 0 Å². The van der Waals surface area contributed by atoms with Gasteiger partial charge in [-0.3, -0.25) is 0 Å². The molecule has 3 aromatic carbocycles. The second-order valence-electron chi connectivity index (χ2n) is 8.73. The number of fused-ring (bicyclic) bond motifs is 1. The van der Waals surface area contributed by atoms with E-state index in [-0.39, 0.29) is 17.6 Å². The molecule has 0 radical (unpaired) electrons. The molecular weight excluding hydrogens is 388 g/mol. The molecule has 3 N–H and O–H groups in total. The molecule has 0 aliphatic carbocycles. The first kappa shape index (κ1) is 21.1. The summed E-state index contributed by atoms with van der Waals surface area (Å²) >= 11 is 0. The van der Waals surface area contributed by atoms with Crippen molar-refractivity contribution in [2.45, 2.75) is 52.9 Å². The van der Waals surface area contributed by atoms with Gasteiger partial charge in [0.05, 0.1) is 6.61 Å². The van der Waals surface area contributed by atoms with Crippen molar-refractivity contribution in [3.63, 3.8) is 0 Å². The van der Waals surface area contributed by atoms with Gasteiger partial charge in [-0.05, 0) is 79.6 Å². The van der Waals surface area contributed by atoms with Gasteiger partial charge in [0.15, 0.2) is 0 Å². The summed E-state index contributed by atoms with van der Waals surface area (Å²) in [5.41, 5.74) is 7.45. The average Bonchev–Trinajstić information content (AvgIpc) is 2.75. The van der Waals surface area contributed by atoms with Gasteiger partial charge in [-0.25, -0.2) is 0 Å². The maximum atomic E-state index is 10.6. The Morgan fingerprint density at radius 3 is 2.10 bits per heavy atom. The molecule has 162 valence electrons. The van der Waals surface area contributed by atoms with Crippen LogP contribution in [0.3, 0.4) is 0 Å². The van der Waals surface area contributed by atoms with Crippen molar-refractivity contribution >= 4 is 0 Å². The van der Waals surface area contributed by atoms with E-state index in [1.54, 1.807) is 6.07 Å². The van der Waals surface area contributed by atoms with E-state index in [0.717, 1.165) is 56.7 Å². The summed E-state index contributed by atoms with van der Waals surface area (Å²) in [6, 6.07) is 11.9. The quantitative estimate of drug-likeness (QED) is 0.495. The van der Waals surface area contributed by atoms with Crippen molar-refractivity contribution in [3.8, 4) is 23.0 Å².